The first kappa shape index (κ1) is 20.6. The number of methoxy groups -OCH3 is 1. The van der Waals surface area contributed by atoms with E-state index in [2.05, 4.69) is 9.72 Å². The van der Waals surface area contributed by atoms with Gasteiger partial charge in [0.05, 0.1) is 23.2 Å². The number of ether oxygens (including phenoxy) is 1. The van der Waals surface area contributed by atoms with Crippen molar-refractivity contribution < 1.29 is 17.9 Å². The van der Waals surface area contributed by atoms with Crippen LogP contribution in [0.4, 0.5) is 0 Å². The highest BCUT2D eigenvalue weighted by Gasteiger charge is 2.26. The van der Waals surface area contributed by atoms with Crippen LogP contribution in [0.15, 0.2) is 41.3 Å². The summed E-state index contributed by atoms with van der Waals surface area (Å²) in [6.07, 6.45) is 0.941. The van der Waals surface area contributed by atoms with Gasteiger partial charge in [-0.05, 0) is 49.6 Å². The monoisotopic (exact) mass is 440 g/mol. The van der Waals surface area contributed by atoms with Gasteiger partial charge in [-0.25, -0.2) is 17.4 Å². The van der Waals surface area contributed by atoms with Crippen molar-refractivity contribution in [3.05, 3.63) is 57.8 Å². The van der Waals surface area contributed by atoms with E-state index >= 15 is 0 Å². The first-order valence-corrected chi connectivity index (χ1v) is 10.7. The summed E-state index contributed by atoms with van der Waals surface area (Å²) in [4.78, 5) is 15.6. The molecule has 0 atom stereocenters. The van der Waals surface area contributed by atoms with E-state index in [9.17, 15) is 13.2 Å². The molecule has 1 aromatic carbocycles. The van der Waals surface area contributed by atoms with Crippen LogP contribution in [0.25, 0.3) is 11.0 Å². The SMILES string of the molecule is COC(=O)CCCc1cc2nc(Cl)ccc2n1S(=O)(=O)c1cccc(C)c1Cl. The Labute approximate surface area is 173 Å². The fraction of sp³-hybridized carbons (Fsp3) is 0.263. The number of hydrogen-bond donors (Lipinski definition) is 0. The Morgan fingerprint density at radius 1 is 1.21 bits per heavy atom. The van der Waals surface area contributed by atoms with E-state index in [-0.39, 0.29) is 27.5 Å². The van der Waals surface area contributed by atoms with Crippen LogP contribution in [0.5, 0.6) is 0 Å². The van der Waals surface area contributed by atoms with Crippen molar-refractivity contribution in [3.8, 4) is 0 Å². The number of benzene rings is 1. The quantitative estimate of drug-likeness (QED) is 0.419. The van der Waals surface area contributed by atoms with Crippen LogP contribution < -0.4 is 0 Å². The lowest BCUT2D eigenvalue weighted by molar-refractivity contribution is -0.140. The van der Waals surface area contributed by atoms with Crippen LogP contribution >= 0.6 is 23.2 Å². The van der Waals surface area contributed by atoms with Gasteiger partial charge in [0, 0.05) is 12.1 Å². The maximum atomic E-state index is 13.5. The van der Waals surface area contributed by atoms with Crippen molar-refractivity contribution in [2.75, 3.05) is 7.11 Å². The zero-order valence-electron chi connectivity index (χ0n) is 15.3. The maximum absolute atomic E-state index is 13.5. The molecule has 0 saturated heterocycles. The number of aromatic nitrogens is 2. The lowest BCUT2D eigenvalue weighted by Gasteiger charge is -2.14. The van der Waals surface area contributed by atoms with E-state index in [1.54, 1.807) is 31.2 Å². The summed E-state index contributed by atoms with van der Waals surface area (Å²) in [6.45, 7) is 1.74. The van der Waals surface area contributed by atoms with Crippen molar-refractivity contribution in [2.45, 2.75) is 31.1 Å². The van der Waals surface area contributed by atoms with E-state index in [4.69, 9.17) is 23.2 Å². The van der Waals surface area contributed by atoms with Crippen LogP contribution in [-0.4, -0.2) is 30.5 Å². The Balaban J connectivity index is 2.16. The zero-order chi connectivity index (χ0) is 20.5. The second-order valence-corrected chi connectivity index (χ2v) is 8.78. The molecule has 0 spiro atoms. The third-order valence-corrected chi connectivity index (χ3v) is 7.00. The molecule has 3 aromatic rings. The highest BCUT2D eigenvalue weighted by atomic mass is 35.5. The van der Waals surface area contributed by atoms with Crippen molar-refractivity contribution >= 4 is 50.2 Å². The van der Waals surface area contributed by atoms with Crippen LogP contribution in [0.3, 0.4) is 0 Å². The summed E-state index contributed by atoms with van der Waals surface area (Å²) in [5.74, 6) is -0.353. The highest BCUT2D eigenvalue weighted by molar-refractivity contribution is 7.90. The highest BCUT2D eigenvalue weighted by Crippen LogP contribution is 2.31. The lowest BCUT2D eigenvalue weighted by Crippen LogP contribution is -2.17. The molecule has 0 unspecified atom stereocenters. The standard InChI is InChI=1S/C19H18Cl2N2O4S/c1-12-5-3-7-16(19(12)21)28(25,26)23-13(6-4-8-18(24)27-2)11-14-15(23)9-10-17(20)22-14/h3,5,7,9-11H,4,6,8H2,1-2H3. The summed E-state index contributed by atoms with van der Waals surface area (Å²) in [5.41, 5.74) is 2.00. The van der Waals surface area contributed by atoms with Crippen LogP contribution in [0.2, 0.25) is 10.2 Å². The third kappa shape index (κ3) is 3.87. The molecule has 0 aliphatic heterocycles. The van der Waals surface area contributed by atoms with E-state index < -0.39 is 10.0 Å². The number of aryl methyl sites for hydroxylation is 2. The molecule has 0 saturated carbocycles. The number of carbonyl (C=O) groups excluding carboxylic acids is 1. The number of pyridine rings is 1. The summed E-state index contributed by atoms with van der Waals surface area (Å²) in [5, 5.41) is 0.434. The molecule has 2 heterocycles. The van der Waals surface area contributed by atoms with Gasteiger partial charge < -0.3 is 4.74 Å². The Bertz CT molecular complexity index is 1160. The topological polar surface area (TPSA) is 78.3 Å². The van der Waals surface area contributed by atoms with Gasteiger partial charge in [-0.15, -0.1) is 0 Å². The molecule has 0 N–H and O–H groups in total. The Morgan fingerprint density at radius 2 is 1.96 bits per heavy atom. The second-order valence-electron chi connectivity index (χ2n) is 6.26. The first-order chi connectivity index (χ1) is 13.3. The van der Waals surface area contributed by atoms with Crippen molar-refractivity contribution in [1.29, 1.82) is 0 Å². The van der Waals surface area contributed by atoms with Crippen LogP contribution in [0.1, 0.15) is 24.1 Å². The Hall–Kier alpha value is -2.09. The summed E-state index contributed by atoms with van der Waals surface area (Å²) < 4.78 is 32.8. The third-order valence-electron chi connectivity index (χ3n) is 4.37. The summed E-state index contributed by atoms with van der Waals surface area (Å²) in [7, 11) is -2.67. The van der Waals surface area contributed by atoms with E-state index in [1.165, 1.54) is 23.2 Å². The minimum atomic E-state index is -3.99. The molecule has 0 bridgehead atoms. The molecule has 0 fully saturated rings. The number of rotatable bonds is 6. The molecule has 148 valence electrons. The second kappa shape index (κ2) is 8.11. The fourth-order valence-electron chi connectivity index (χ4n) is 2.98. The average Bonchev–Trinajstić information content (AvgIpc) is 3.01. The van der Waals surface area contributed by atoms with E-state index in [0.717, 1.165) is 0 Å². The van der Waals surface area contributed by atoms with E-state index in [0.29, 0.717) is 35.1 Å². The van der Waals surface area contributed by atoms with Gasteiger partial charge in [-0.1, -0.05) is 35.3 Å². The number of hydrogen-bond acceptors (Lipinski definition) is 5. The molecule has 0 aliphatic carbocycles. The minimum absolute atomic E-state index is 0.0100. The van der Waals surface area contributed by atoms with Crippen LogP contribution in [0, 0.1) is 6.92 Å². The molecular formula is C19H18Cl2N2O4S. The number of carbonyl (C=O) groups is 1. The van der Waals surface area contributed by atoms with Gasteiger partial charge in [0.15, 0.2) is 0 Å². The Kier molecular flexibility index (Phi) is 5.98. The molecule has 9 heteroatoms. The van der Waals surface area contributed by atoms with Crippen molar-refractivity contribution in [3.63, 3.8) is 0 Å². The molecule has 3 rings (SSSR count). The average molecular weight is 441 g/mol. The van der Waals surface area contributed by atoms with Gasteiger partial charge in [-0.3, -0.25) is 4.79 Å². The maximum Gasteiger partial charge on any atom is 0.305 e. The van der Waals surface area contributed by atoms with Crippen molar-refractivity contribution in [1.82, 2.24) is 8.96 Å². The van der Waals surface area contributed by atoms with Gasteiger partial charge >= 0.3 is 5.97 Å². The predicted molar refractivity (Wildman–Crippen MR) is 108 cm³/mol. The molecule has 0 amide bonds. The van der Waals surface area contributed by atoms with Gasteiger partial charge in [0.2, 0.25) is 0 Å². The van der Waals surface area contributed by atoms with Gasteiger partial charge in [0.25, 0.3) is 10.0 Å². The molecule has 2 aromatic heterocycles. The molecular weight excluding hydrogens is 423 g/mol. The number of nitrogens with zero attached hydrogens (tertiary/aromatic N) is 2. The van der Waals surface area contributed by atoms with Gasteiger partial charge in [-0.2, -0.15) is 0 Å². The first-order valence-electron chi connectivity index (χ1n) is 8.50. The number of halogens is 2. The zero-order valence-corrected chi connectivity index (χ0v) is 17.6. The molecule has 28 heavy (non-hydrogen) atoms. The van der Waals surface area contributed by atoms with E-state index in [1.807, 2.05) is 0 Å². The molecule has 6 nitrogen and oxygen atoms in total. The molecule has 0 aliphatic rings. The fourth-order valence-corrected chi connectivity index (χ4v) is 5.26. The number of esters is 1. The summed E-state index contributed by atoms with van der Waals surface area (Å²) in [6, 6.07) is 9.67. The summed E-state index contributed by atoms with van der Waals surface area (Å²) >= 11 is 12.3. The normalized spacial score (nSPS) is 11.7. The van der Waals surface area contributed by atoms with Crippen LogP contribution in [-0.2, 0) is 26.0 Å². The van der Waals surface area contributed by atoms with Gasteiger partial charge in [0.1, 0.15) is 10.0 Å². The van der Waals surface area contributed by atoms with Crippen molar-refractivity contribution in [2.24, 2.45) is 0 Å². The Morgan fingerprint density at radius 3 is 2.68 bits per heavy atom. The molecule has 0 radical (unpaired) electrons. The minimum Gasteiger partial charge on any atom is -0.469 e. The smallest absolute Gasteiger partial charge is 0.305 e. The lowest BCUT2D eigenvalue weighted by atomic mass is 10.2. The largest absolute Gasteiger partial charge is 0.469 e. The predicted octanol–water partition coefficient (Wildman–Crippen LogP) is 4.38. The number of fused-ring (bicyclic) bond motifs is 1.